The Labute approximate surface area is 192 Å². The van der Waals surface area contributed by atoms with Gasteiger partial charge in [-0.1, -0.05) is 67.6 Å². The molecule has 0 fully saturated rings. The van der Waals surface area contributed by atoms with Crippen molar-refractivity contribution in [2.45, 2.75) is 25.8 Å². The van der Waals surface area contributed by atoms with E-state index in [2.05, 4.69) is 25.8 Å². The molecule has 2 aromatic carbocycles. The van der Waals surface area contributed by atoms with Crippen LogP contribution in [0.1, 0.15) is 18.9 Å². The third kappa shape index (κ3) is 5.71. The van der Waals surface area contributed by atoms with Gasteiger partial charge in [0.1, 0.15) is 6.04 Å². The Hall–Kier alpha value is -4.26. The molecule has 3 N–H and O–H groups in total. The van der Waals surface area contributed by atoms with Crippen LogP contribution in [0.25, 0.3) is 22.4 Å². The summed E-state index contributed by atoms with van der Waals surface area (Å²) in [6.45, 7) is 1.85. The van der Waals surface area contributed by atoms with Gasteiger partial charge in [0.2, 0.25) is 11.8 Å². The molecule has 0 radical (unpaired) electrons. The number of rotatable bonds is 8. The van der Waals surface area contributed by atoms with Crippen molar-refractivity contribution in [3.63, 3.8) is 0 Å². The number of hydrogen-bond acceptors (Lipinski definition) is 4. The summed E-state index contributed by atoms with van der Waals surface area (Å²) in [6, 6.07) is 22.6. The highest BCUT2D eigenvalue weighted by Crippen LogP contribution is 2.20. The number of pyridine rings is 1. The van der Waals surface area contributed by atoms with Crippen LogP contribution in [0.5, 0.6) is 0 Å². The van der Waals surface area contributed by atoms with Crippen molar-refractivity contribution in [2.24, 2.45) is 0 Å². The smallest absolute Gasteiger partial charge is 0.248 e. The van der Waals surface area contributed by atoms with Crippen LogP contribution in [0.4, 0.5) is 5.82 Å². The van der Waals surface area contributed by atoms with Crippen LogP contribution in [0.3, 0.4) is 0 Å². The van der Waals surface area contributed by atoms with Gasteiger partial charge in [0.15, 0.2) is 5.82 Å². The fourth-order valence-corrected chi connectivity index (χ4v) is 3.52. The van der Waals surface area contributed by atoms with Crippen LogP contribution in [-0.4, -0.2) is 33.0 Å². The summed E-state index contributed by atoms with van der Waals surface area (Å²) in [6.07, 6.45) is 4.03. The van der Waals surface area contributed by atoms with Crippen LogP contribution in [0.2, 0.25) is 0 Å². The molecule has 33 heavy (non-hydrogen) atoms. The minimum atomic E-state index is -0.667. The zero-order valence-corrected chi connectivity index (χ0v) is 18.3. The molecule has 2 heterocycles. The number of carbonyl (C=O) groups is 2. The van der Waals surface area contributed by atoms with Crippen molar-refractivity contribution in [1.82, 2.24) is 20.5 Å². The van der Waals surface area contributed by atoms with Crippen LogP contribution in [0, 0.1) is 0 Å². The fourth-order valence-electron chi connectivity index (χ4n) is 3.52. The summed E-state index contributed by atoms with van der Waals surface area (Å²) >= 11 is 0. The van der Waals surface area contributed by atoms with Gasteiger partial charge in [-0.2, -0.15) is 5.10 Å². The number of aromatic nitrogens is 3. The maximum Gasteiger partial charge on any atom is 0.248 e. The number of carbonyl (C=O) groups excluding carboxylic acids is 2. The van der Waals surface area contributed by atoms with Gasteiger partial charge in [0, 0.05) is 24.0 Å². The van der Waals surface area contributed by atoms with Crippen LogP contribution < -0.4 is 10.6 Å². The van der Waals surface area contributed by atoms with E-state index in [0.29, 0.717) is 12.2 Å². The Kier molecular flexibility index (Phi) is 6.90. The summed E-state index contributed by atoms with van der Waals surface area (Å²) in [5, 5.41) is 12.7. The van der Waals surface area contributed by atoms with Crippen LogP contribution >= 0.6 is 0 Å². The summed E-state index contributed by atoms with van der Waals surface area (Å²) in [4.78, 5) is 29.6. The largest absolute Gasteiger partial charge is 0.344 e. The second-order valence-electron chi connectivity index (χ2n) is 7.68. The van der Waals surface area contributed by atoms with E-state index in [0.717, 1.165) is 27.9 Å². The predicted octanol–water partition coefficient (Wildman–Crippen LogP) is 4.21. The van der Waals surface area contributed by atoms with Gasteiger partial charge in [-0.05, 0) is 29.2 Å². The average Bonchev–Trinajstić information content (AvgIpc) is 3.32. The lowest BCUT2D eigenvalue weighted by atomic mass is 10.0. The normalized spacial score (nSPS) is 11.5. The maximum atomic E-state index is 12.7. The highest BCUT2D eigenvalue weighted by molar-refractivity contribution is 5.97. The van der Waals surface area contributed by atoms with Gasteiger partial charge in [-0.25, -0.2) is 0 Å². The fraction of sp³-hybridized carbons (Fsp3) is 0.154. The van der Waals surface area contributed by atoms with Gasteiger partial charge >= 0.3 is 0 Å². The Morgan fingerprint density at radius 3 is 2.30 bits per heavy atom. The summed E-state index contributed by atoms with van der Waals surface area (Å²) in [5.41, 5.74) is 4.53. The van der Waals surface area contributed by atoms with E-state index in [1.165, 1.54) is 0 Å². The number of nitrogens with one attached hydrogen (secondary N) is 3. The molecule has 0 aliphatic carbocycles. The number of anilines is 1. The number of nitrogens with zero attached hydrogens (tertiary/aromatic N) is 2. The Balaban J connectivity index is 1.36. The quantitative estimate of drug-likeness (QED) is 0.383. The number of hydrogen-bond donors (Lipinski definition) is 3. The lowest BCUT2D eigenvalue weighted by molar-refractivity contribution is -0.126. The number of benzene rings is 2. The van der Waals surface area contributed by atoms with Gasteiger partial charge in [-0.3, -0.25) is 19.7 Å². The SMILES string of the molecule is CCC(NC(=O)Cc1cncc(-c2ccccc2)c1)C(=O)Nc1cc(-c2ccccc2)[nH]n1. The van der Waals surface area contributed by atoms with Gasteiger partial charge in [0.25, 0.3) is 0 Å². The topological polar surface area (TPSA) is 99.8 Å². The second-order valence-corrected chi connectivity index (χ2v) is 7.68. The number of amides is 2. The molecular formula is C26H25N5O2. The third-order valence-electron chi connectivity index (χ3n) is 5.24. The molecule has 7 nitrogen and oxygen atoms in total. The minimum Gasteiger partial charge on any atom is -0.344 e. The standard InChI is InChI=1S/C26H25N5O2/c1-2-22(26(33)29-24-15-23(30-31-24)20-11-7-4-8-12-20)28-25(32)14-18-13-21(17-27-16-18)19-9-5-3-6-10-19/h3-13,15-17,22H,2,14H2,1H3,(H,28,32)(H2,29,30,31,33). The van der Waals surface area contributed by atoms with Gasteiger partial charge in [-0.15, -0.1) is 0 Å². The van der Waals surface area contributed by atoms with E-state index in [4.69, 9.17) is 0 Å². The van der Waals surface area contributed by atoms with Gasteiger partial charge in [0.05, 0.1) is 12.1 Å². The molecule has 1 atom stereocenters. The van der Waals surface area contributed by atoms with Crippen LogP contribution in [0.15, 0.2) is 85.2 Å². The molecule has 0 spiro atoms. The molecule has 0 saturated carbocycles. The molecule has 0 aliphatic heterocycles. The molecule has 2 aromatic heterocycles. The van der Waals surface area contributed by atoms with Crippen LogP contribution in [-0.2, 0) is 16.0 Å². The first kappa shape index (κ1) is 22.0. The van der Waals surface area contributed by atoms with E-state index in [9.17, 15) is 9.59 Å². The first-order chi connectivity index (χ1) is 16.1. The molecule has 0 aliphatic rings. The Bertz CT molecular complexity index is 1220. The maximum absolute atomic E-state index is 12.7. The van der Waals surface area contributed by atoms with E-state index >= 15 is 0 Å². The van der Waals surface area contributed by atoms with Crippen molar-refractivity contribution >= 4 is 17.6 Å². The van der Waals surface area contributed by atoms with Crippen molar-refractivity contribution in [3.8, 4) is 22.4 Å². The molecule has 166 valence electrons. The lowest BCUT2D eigenvalue weighted by Crippen LogP contribution is -2.44. The molecule has 0 saturated heterocycles. The lowest BCUT2D eigenvalue weighted by Gasteiger charge is -2.16. The predicted molar refractivity (Wildman–Crippen MR) is 128 cm³/mol. The van der Waals surface area contributed by atoms with Crippen molar-refractivity contribution in [2.75, 3.05) is 5.32 Å². The molecule has 2 amide bonds. The van der Waals surface area contributed by atoms with Gasteiger partial charge < -0.3 is 10.6 Å². The third-order valence-corrected chi connectivity index (χ3v) is 5.24. The van der Waals surface area contributed by atoms with Crippen molar-refractivity contribution in [1.29, 1.82) is 0 Å². The summed E-state index contributed by atoms with van der Waals surface area (Å²) in [7, 11) is 0. The highest BCUT2D eigenvalue weighted by atomic mass is 16.2. The molecule has 0 bridgehead atoms. The zero-order valence-electron chi connectivity index (χ0n) is 18.3. The van der Waals surface area contributed by atoms with E-state index in [-0.39, 0.29) is 18.2 Å². The van der Waals surface area contributed by atoms with Crippen molar-refractivity contribution in [3.05, 3.63) is 90.8 Å². The first-order valence-electron chi connectivity index (χ1n) is 10.8. The Morgan fingerprint density at radius 2 is 1.61 bits per heavy atom. The highest BCUT2D eigenvalue weighted by Gasteiger charge is 2.20. The molecule has 1 unspecified atom stereocenters. The minimum absolute atomic E-state index is 0.137. The van der Waals surface area contributed by atoms with E-state index in [1.807, 2.05) is 73.7 Å². The van der Waals surface area contributed by atoms with Crippen molar-refractivity contribution < 1.29 is 9.59 Å². The monoisotopic (exact) mass is 439 g/mol. The Morgan fingerprint density at radius 1 is 0.909 bits per heavy atom. The number of aromatic amines is 1. The van der Waals surface area contributed by atoms with E-state index < -0.39 is 6.04 Å². The average molecular weight is 440 g/mol. The number of H-pyrrole nitrogens is 1. The second kappa shape index (κ2) is 10.4. The van der Waals surface area contributed by atoms with E-state index in [1.54, 1.807) is 18.5 Å². The molecule has 4 aromatic rings. The molecule has 4 rings (SSSR count). The summed E-state index contributed by atoms with van der Waals surface area (Å²) in [5.74, 6) is -0.143. The molecule has 7 heteroatoms. The molecular weight excluding hydrogens is 414 g/mol. The first-order valence-corrected chi connectivity index (χ1v) is 10.8. The summed E-state index contributed by atoms with van der Waals surface area (Å²) < 4.78 is 0. The zero-order chi connectivity index (χ0) is 23.0.